The zero-order valence-corrected chi connectivity index (χ0v) is 14.9. The highest BCUT2D eigenvalue weighted by Gasteiger charge is 2.06. The molecule has 2 aromatic carbocycles. The fourth-order valence-electron chi connectivity index (χ4n) is 2.09. The SMILES string of the molecule is COc1cccc(OCc2n[nH]c(=S)n2/N=C\c2cccc(Cl)c2)c1. The summed E-state index contributed by atoms with van der Waals surface area (Å²) in [5.74, 6) is 1.93. The molecule has 1 heterocycles. The Morgan fingerprint density at radius 2 is 2.04 bits per heavy atom. The van der Waals surface area contributed by atoms with Crippen LogP contribution < -0.4 is 9.47 Å². The Bertz CT molecular complexity index is 952. The van der Waals surface area contributed by atoms with E-state index in [9.17, 15) is 0 Å². The highest BCUT2D eigenvalue weighted by molar-refractivity contribution is 7.71. The van der Waals surface area contributed by atoms with Crippen LogP contribution in [0, 0.1) is 4.77 Å². The second-order valence-electron chi connectivity index (χ2n) is 5.02. The smallest absolute Gasteiger partial charge is 0.216 e. The van der Waals surface area contributed by atoms with Gasteiger partial charge in [0.1, 0.15) is 18.1 Å². The van der Waals surface area contributed by atoms with Crippen molar-refractivity contribution in [1.82, 2.24) is 14.9 Å². The van der Waals surface area contributed by atoms with E-state index in [2.05, 4.69) is 15.3 Å². The first-order valence-electron chi connectivity index (χ1n) is 7.39. The van der Waals surface area contributed by atoms with E-state index in [1.54, 1.807) is 31.5 Å². The van der Waals surface area contributed by atoms with Crippen molar-refractivity contribution >= 4 is 30.0 Å². The van der Waals surface area contributed by atoms with Crippen molar-refractivity contribution < 1.29 is 9.47 Å². The van der Waals surface area contributed by atoms with Crippen LogP contribution >= 0.6 is 23.8 Å². The summed E-state index contributed by atoms with van der Waals surface area (Å²) in [6, 6.07) is 14.7. The van der Waals surface area contributed by atoms with Gasteiger partial charge in [-0.1, -0.05) is 29.8 Å². The maximum atomic E-state index is 5.97. The van der Waals surface area contributed by atoms with Gasteiger partial charge in [0.2, 0.25) is 4.77 Å². The molecule has 3 aromatic rings. The number of ether oxygens (including phenoxy) is 2. The van der Waals surface area contributed by atoms with Crippen LogP contribution in [-0.2, 0) is 6.61 Å². The molecule has 0 aliphatic carbocycles. The lowest BCUT2D eigenvalue weighted by Gasteiger charge is -2.07. The number of aromatic amines is 1. The van der Waals surface area contributed by atoms with Gasteiger partial charge in [-0.2, -0.15) is 14.9 Å². The Kier molecular flexibility index (Phi) is 5.47. The van der Waals surface area contributed by atoms with Crippen LogP contribution in [0.2, 0.25) is 5.02 Å². The normalized spacial score (nSPS) is 11.0. The van der Waals surface area contributed by atoms with E-state index in [-0.39, 0.29) is 6.61 Å². The summed E-state index contributed by atoms with van der Waals surface area (Å²) >= 11 is 11.2. The van der Waals surface area contributed by atoms with Crippen LogP contribution in [0.25, 0.3) is 0 Å². The van der Waals surface area contributed by atoms with Gasteiger partial charge in [0, 0.05) is 11.1 Å². The van der Waals surface area contributed by atoms with E-state index in [0.717, 1.165) is 11.3 Å². The highest BCUT2D eigenvalue weighted by atomic mass is 35.5. The summed E-state index contributed by atoms with van der Waals surface area (Å²) in [5.41, 5.74) is 0.857. The highest BCUT2D eigenvalue weighted by Crippen LogP contribution is 2.19. The molecule has 6 nitrogen and oxygen atoms in total. The van der Waals surface area contributed by atoms with Crippen molar-refractivity contribution in [3.63, 3.8) is 0 Å². The van der Waals surface area contributed by atoms with Gasteiger partial charge in [0.05, 0.1) is 13.3 Å². The predicted molar refractivity (Wildman–Crippen MR) is 99.2 cm³/mol. The minimum atomic E-state index is 0.202. The molecule has 0 atom stereocenters. The van der Waals surface area contributed by atoms with Gasteiger partial charge in [0.15, 0.2) is 5.82 Å². The van der Waals surface area contributed by atoms with Crippen LogP contribution in [-0.4, -0.2) is 28.2 Å². The Labute approximate surface area is 154 Å². The van der Waals surface area contributed by atoms with Crippen LogP contribution in [0.4, 0.5) is 0 Å². The number of H-pyrrole nitrogens is 1. The molecule has 3 rings (SSSR count). The van der Waals surface area contributed by atoms with Gasteiger partial charge in [-0.05, 0) is 42.0 Å². The minimum Gasteiger partial charge on any atom is -0.497 e. The molecular weight excluding hydrogens is 360 g/mol. The van der Waals surface area contributed by atoms with Crippen LogP contribution in [0.5, 0.6) is 11.5 Å². The van der Waals surface area contributed by atoms with Crippen molar-refractivity contribution in [3.8, 4) is 11.5 Å². The molecule has 8 heteroatoms. The van der Waals surface area contributed by atoms with E-state index < -0.39 is 0 Å². The third-order valence-electron chi connectivity index (χ3n) is 3.30. The fourth-order valence-corrected chi connectivity index (χ4v) is 2.48. The molecular formula is C17H15ClN4O2S. The molecule has 0 bridgehead atoms. The van der Waals surface area contributed by atoms with Gasteiger partial charge >= 0.3 is 0 Å². The molecule has 128 valence electrons. The second-order valence-corrected chi connectivity index (χ2v) is 5.85. The molecule has 25 heavy (non-hydrogen) atoms. The van der Waals surface area contributed by atoms with Gasteiger partial charge in [-0.15, -0.1) is 0 Å². The number of nitrogens with zero attached hydrogens (tertiary/aromatic N) is 3. The molecule has 0 aliphatic heterocycles. The van der Waals surface area contributed by atoms with Crippen molar-refractivity contribution in [2.45, 2.75) is 6.61 Å². The summed E-state index contributed by atoms with van der Waals surface area (Å²) in [4.78, 5) is 0. The minimum absolute atomic E-state index is 0.202. The second kappa shape index (κ2) is 7.96. The van der Waals surface area contributed by atoms with Crippen LogP contribution in [0.15, 0.2) is 53.6 Å². The lowest BCUT2D eigenvalue weighted by Crippen LogP contribution is -2.04. The average molecular weight is 375 g/mol. The molecule has 1 aromatic heterocycles. The first-order chi connectivity index (χ1) is 12.2. The third kappa shape index (κ3) is 4.46. The fraction of sp³-hybridized carbons (Fsp3) is 0.118. The van der Waals surface area contributed by atoms with E-state index >= 15 is 0 Å². The average Bonchev–Trinajstić information content (AvgIpc) is 2.98. The van der Waals surface area contributed by atoms with Crippen molar-refractivity contribution in [2.24, 2.45) is 5.10 Å². The maximum Gasteiger partial charge on any atom is 0.216 e. The van der Waals surface area contributed by atoms with Crippen molar-refractivity contribution in [2.75, 3.05) is 7.11 Å². The Morgan fingerprint density at radius 1 is 1.24 bits per heavy atom. The molecule has 0 amide bonds. The quantitative estimate of drug-likeness (QED) is 0.522. The molecule has 0 fully saturated rings. The van der Waals surface area contributed by atoms with Crippen molar-refractivity contribution in [1.29, 1.82) is 0 Å². The number of hydrogen-bond acceptors (Lipinski definition) is 5. The van der Waals surface area contributed by atoms with E-state index in [1.165, 1.54) is 4.68 Å². The number of benzene rings is 2. The monoisotopic (exact) mass is 374 g/mol. The van der Waals surface area contributed by atoms with Crippen LogP contribution in [0.3, 0.4) is 0 Å². The summed E-state index contributed by atoms with van der Waals surface area (Å²) in [6.07, 6.45) is 1.66. The molecule has 0 saturated heterocycles. The molecule has 0 radical (unpaired) electrons. The Balaban J connectivity index is 1.76. The summed E-state index contributed by atoms with van der Waals surface area (Å²) < 4.78 is 12.8. The number of aromatic nitrogens is 3. The summed E-state index contributed by atoms with van der Waals surface area (Å²) in [7, 11) is 1.61. The number of methoxy groups -OCH3 is 1. The zero-order valence-electron chi connectivity index (χ0n) is 13.3. The predicted octanol–water partition coefficient (Wildman–Crippen LogP) is 4.06. The lowest BCUT2D eigenvalue weighted by molar-refractivity contribution is 0.288. The summed E-state index contributed by atoms with van der Waals surface area (Å²) in [5, 5.41) is 11.9. The number of halogens is 1. The Morgan fingerprint density at radius 3 is 2.84 bits per heavy atom. The largest absolute Gasteiger partial charge is 0.497 e. The molecule has 0 spiro atoms. The lowest BCUT2D eigenvalue weighted by atomic mass is 10.2. The Hall–Kier alpha value is -2.64. The van der Waals surface area contributed by atoms with Crippen LogP contribution in [0.1, 0.15) is 11.4 Å². The van der Waals surface area contributed by atoms with Gasteiger partial charge in [-0.25, -0.2) is 5.10 Å². The zero-order chi connectivity index (χ0) is 17.6. The molecule has 0 aliphatic rings. The third-order valence-corrected chi connectivity index (χ3v) is 3.80. The summed E-state index contributed by atoms with van der Waals surface area (Å²) in [6.45, 7) is 0.202. The maximum absolute atomic E-state index is 5.97. The first kappa shape index (κ1) is 17.2. The topological polar surface area (TPSA) is 64.4 Å². The first-order valence-corrected chi connectivity index (χ1v) is 8.17. The van der Waals surface area contributed by atoms with E-state index in [4.69, 9.17) is 33.3 Å². The van der Waals surface area contributed by atoms with Gasteiger partial charge in [-0.3, -0.25) is 0 Å². The number of nitrogens with one attached hydrogen (secondary N) is 1. The molecule has 0 saturated carbocycles. The number of hydrogen-bond donors (Lipinski definition) is 1. The van der Waals surface area contributed by atoms with Crippen molar-refractivity contribution in [3.05, 3.63) is 69.7 Å². The van der Waals surface area contributed by atoms with E-state index in [1.807, 2.05) is 30.3 Å². The van der Waals surface area contributed by atoms with E-state index in [0.29, 0.717) is 21.4 Å². The van der Waals surface area contributed by atoms with Gasteiger partial charge in [0.25, 0.3) is 0 Å². The molecule has 1 N–H and O–H groups in total. The standard InChI is InChI=1S/C17H15ClN4O2S/c1-23-14-6-3-7-15(9-14)24-11-16-20-21-17(25)22(16)19-10-12-4-2-5-13(18)8-12/h2-10H,11H2,1H3,(H,21,25)/b19-10-. The number of rotatable bonds is 6. The van der Waals surface area contributed by atoms with Gasteiger partial charge < -0.3 is 9.47 Å². The molecule has 0 unspecified atom stereocenters.